The van der Waals surface area contributed by atoms with Crippen LogP contribution < -0.4 is 10.6 Å². The van der Waals surface area contributed by atoms with Gasteiger partial charge in [0.15, 0.2) is 0 Å². The van der Waals surface area contributed by atoms with Crippen molar-refractivity contribution in [3.05, 3.63) is 0 Å². The number of rotatable bonds is 4. The van der Waals surface area contributed by atoms with E-state index in [1.165, 1.54) is 0 Å². The van der Waals surface area contributed by atoms with Crippen LogP contribution in [0.4, 0.5) is 0 Å². The van der Waals surface area contributed by atoms with Gasteiger partial charge in [-0.3, -0.25) is 9.59 Å². The Labute approximate surface area is 108 Å². The highest BCUT2D eigenvalue weighted by Gasteiger charge is 2.31. The molecule has 102 valence electrons. The first-order valence-electron chi connectivity index (χ1n) is 6.99. The van der Waals surface area contributed by atoms with Gasteiger partial charge in [0, 0.05) is 19.5 Å². The molecule has 0 saturated carbocycles. The van der Waals surface area contributed by atoms with Gasteiger partial charge in [-0.25, -0.2) is 0 Å². The maximum absolute atomic E-state index is 12.3. The van der Waals surface area contributed by atoms with Crippen molar-refractivity contribution in [2.45, 2.75) is 38.6 Å². The van der Waals surface area contributed by atoms with Gasteiger partial charge in [-0.1, -0.05) is 0 Å². The molecule has 0 bridgehead atoms. The number of carbonyl (C=O) groups is 2. The molecule has 2 aliphatic rings. The second-order valence-corrected chi connectivity index (χ2v) is 5.23. The van der Waals surface area contributed by atoms with E-state index in [1.54, 1.807) is 0 Å². The van der Waals surface area contributed by atoms with E-state index in [-0.39, 0.29) is 17.9 Å². The lowest BCUT2D eigenvalue weighted by atomic mass is 9.97. The van der Waals surface area contributed by atoms with Crippen molar-refractivity contribution < 1.29 is 9.59 Å². The van der Waals surface area contributed by atoms with Crippen LogP contribution in [0.5, 0.6) is 0 Å². The van der Waals surface area contributed by atoms with Crippen LogP contribution in [0.2, 0.25) is 0 Å². The zero-order chi connectivity index (χ0) is 13.0. The quantitative estimate of drug-likeness (QED) is 0.748. The summed E-state index contributed by atoms with van der Waals surface area (Å²) in [6, 6.07) is -0.279. The lowest BCUT2D eigenvalue weighted by Crippen LogP contribution is -2.47. The van der Waals surface area contributed by atoms with Gasteiger partial charge in [0.1, 0.15) is 6.04 Å². The lowest BCUT2D eigenvalue weighted by Gasteiger charge is -2.30. The number of carbonyl (C=O) groups excluding carboxylic acids is 2. The van der Waals surface area contributed by atoms with Crippen LogP contribution in [0.15, 0.2) is 0 Å². The Kier molecular flexibility index (Phi) is 4.58. The molecule has 0 radical (unpaired) electrons. The second kappa shape index (κ2) is 6.18. The minimum absolute atomic E-state index is 0.00581. The van der Waals surface area contributed by atoms with E-state index < -0.39 is 0 Å². The summed E-state index contributed by atoms with van der Waals surface area (Å²) >= 11 is 0. The number of piperidine rings is 1. The zero-order valence-corrected chi connectivity index (χ0v) is 11.1. The Balaban J connectivity index is 1.86. The summed E-state index contributed by atoms with van der Waals surface area (Å²) in [7, 11) is 0. The third kappa shape index (κ3) is 3.22. The van der Waals surface area contributed by atoms with Crippen molar-refractivity contribution in [1.29, 1.82) is 0 Å². The molecule has 2 heterocycles. The number of nitrogens with one attached hydrogen (secondary N) is 2. The molecule has 1 atom stereocenters. The maximum Gasteiger partial charge on any atom is 0.245 e. The van der Waals surface area contributed by atoms with Gasteiger partial charge in [-0.15, -0.1) is 0 Å². The van der Waals surface area contributed by atoms with Crippen LogP contribution in [-0.4, -0.2) is 48.9 Å². The molecule has 18 heavy (non-hydrogen) atoms. The first-order chi connectivity index (χ1) is 8.70. The lowest BCUT2D eigenvalue weighted by molar-refractivity contribution is -0.134. The molecule has 1 unspecified atom stereocenters. The molecule has 2 amide bonds. The number of amides is 2. The Morgan fingerprint density at radius 3 is 2.61 bits per heavy atom. The van der Waals surface area contributed by atoms with Gasteiger partial charge >= 0.3 is 0 Å². The number of nitrogens with zero attached hydrogens (tertiary/aromatic N) is 1. The fourth-order valence-electron chi connectivity index (χ4n) is 2.77. The molecular formula is C13H23N3O2. The zero-order valence-electron chi connectivity index (χ0n) is 11.1. The predicted molar refractivity (Wildman–Crippen MR) is 69.0 cm³/mol. The SMILES string of the molecule is CCN(CC1CCNCC1)C(=O)C1CCC(=O)N1. The second-order valence-electron chi connectivity index (χ2n) is 5.23. The van der Waals surface area contributed by atoms with E-state index in [2.05, 4.69) is 10.6 Å². The molecule has 2 rings (SSSR count). The fourth-order valence-corrected chi connectivity index (χ4v) is 2.77. The number of hydrogen-bond acceptors (Lipinski definition) is 3. The molecule has 0 aromatic carbocycles. The van der Waals surface area contributed by atoms with E-state index in [4.69, 9.17) is 0 Å². The number of hydrogen-bond donors (Lipinski definition) is 2. The van der Waals surface area contributed by atoms with E-state index >= 15 is 0 Å². The van der Waals surface area contributed by atoms with Crippen LogP contribution in [0.25, 0.3) is 0 Å². The van der Waals surface area contributed by atoms with Crippen molar-refractivity contribution in [2.24, 2.45) is 5.92 Å². The van der Waals surface area contributed by atoms with Crippen molar-refractivity contribution in [3.8, 4) is 0 Å². The van der Waals surface area contributed by atoms with Crippen LogP contribution in [-0.2, 0) is 9.59 Å². The molecule has 0 aromatic rings. The Hall–Kier alpha value is -1.10. The summed E-state index contributed by atoms with van der Waals surface area (Å²) in [5.74, 6) is 0.709. The highest BCUT2D eigenvalue weighted by molar-refractivity contribution is 5.90. The summed E-state index contributed by atoms with van der Waals surface area (Å²) in [6.07, 6.45) is 3.42. The first kappa shape index (κ1) is 13.3. The van der Waals surface area contributed by atoms with Gasteiger partial charge in [0.25, 0.3) is 0 Å². The van der Waals surface area contributed by atoms with Crippen LogP contribution in [0, 0.1) is 5.92 Å². The van der Waals surface area contributed by atoms with Crippen molar-refractivity contribution in [1.82, 2.24) is 15.5 Å². The molecule has 0 aliphatic carbocycles. The fraction of sp³-hybridized carbons (Fsp3) is 0.846. The third-order valence-corrected chi connectivity index (χ3v) is 3.92. The average molecular weight is 253 g/mol. The highest BCUT2D eigenvalue weighted by Crippen LogP contribution is 2.16. The van der Waals surface area contributed by atoms with Crippen molar-refractivity contribution >= 4 is 11.8 Å². The van der Waals surface area contributed by atoms with E-state index in [9.17, 15) is 9.59 Å². The maximum atomic E-state index is 12.3. The number of likely N-dealkylation sites (N-methyl/N-ethyl adjacent to an activating group) is 1. The Bertz CT molecular complexity index is 313. The minimum Gasteiger partial charge on any atom is -0.344 e. The van der Waals surface area contributed by atoms with Gasteiger partial charge in [-0.2, -0.15) is 0 Å². The minimum atomic E-state index is -0.279. The normalized spacial score (nSPS) is 24.9. The topological polar surface area (TPSA) is 61.4 Å². The van der Waals surface area contributed by atoms with Crippen LogP contribution >= 0.6 is 0 Å². The average Bonchev–Trinajstić information content (AvgIpc) is 2.83. The smallest absolute Gasteiger partial charge is 0.245 e. The standard InChI is InChI=1S/C13H23N3O2/c1-2-16(9-10-5-7-14-8-6-10)13(18)11-3-4-12(17)15-11/h10-11,14H,2-9H2,1H3,(H,15,17). The summed E-state index contributed by atoms with van der Waals surface area (Å²) in [4.78, 5) is 25.4. The summed E-state index contributed by atoms with van der Waals surface area (Å²) in [6.45, 7) is 5.68. The van der Waals surface area contributed by atoms with Gasteiger partial charge in [0.05, 0.1) is 0 Å². The van der Waals surface area contributed by atoms with Gasteiger partial charge in [-0.05, 0) is 45.2 Å². The first-order valence-corrected chi connectivity index (χ1v) is 6.99. The van der Waals surface area contributed by atoms with Crippen molar-refractivity contribution in [2.75, 3.05) is 26.2 Å². The molecule has 2 fully saturated rings. The van der Waals surface area contributed by atoms with Crippen LogP contribution in [0.3, 0.4) is 0 Å². The summed E-state index contributed by atoms with van der Waals surface area (Å²) < 4.78 is 0. The highest BCUT2D eigenvalue weighted by atomic mass is 16.2. The third-order valence-electron chi connectivity index (χ3n) is 3.92. The molecule has 2 aliphatic heterocycles. The monoisotopic (exact) mass is 253 g/mol. The Morgan fingerprint density at radius 1 is 1.33 bits per heavy atom. The predicted octanol–water partition coefficient (Wildman–Crippen LogP) is 0.113. The molecule has 0 aromatic heterocycles. The van der Waals surface area contributed by atoms with Crippen LogP contribution in [0.1, 0.15) is 32.6 Å². The van der Waals surface area contributed by atoms with E-state index in [1.807, 2.05) is 11.8 Å². The van der Waals surface area contributed by atoms with Crippen molar-refractivity contribution in [3.63, 3.8) is 0 Å². The van der Waals surface area contributed by atoms with E-state index in [0.29, 0.717) is 18.8 Å². The largest absolute Gasteiger partial charge is 0.344 e. The molecule has 2 N–H and O–H groups in total. The Morgan fingerprint density at radius 2 is 2.06 bits per heavy atom. The van der Waals surface area contributed by atoms with Gasteiger partial charge < -0.3 is 15.5 Å². The molecule has 2 saturated heterocycles. The summed E-state index contributed by atoms with van der Waals surface area (Å²) in [5.41, 5.74) is 0. The molecule has 0 spiro atoms. The van der Waals surface area contributed by atoms with E-state index in [0.717, 1.165) is 39.0 Å². The summed E-state index contributed by atoms with van der Waals surface area (Å²) in [5, 5.41) is 6.10. The van der Waals surface area contributed by atoms with Gasteiger partial charge in [0.2, 0.25) is 11.8 Å². The molecule has 5 heteroatoms. The molecular weight excluding hydrogens is 230 g/mol. The molecule has 5 nitrogen and oxygen atoms in total.